The van der Waals surface area contributed by atoms with Crippen molar-refractivity contribution in [3.8, 4) is 0 Å². The second kappa shape index (κ2) is 5.54. The summed E-state index contributed by atoms with van der Waals surface area (Å²) in [6.07, 6.45) is 0. The second-order valence-corrected chi connectivity index (χ2v) is 10.3. The molecular formula is C3H3Br3I2. The molecule has 0 nitrogen and oxygen atoms in total. The Balaban J connectivity index is 3.46. The van der Waals surface area contributed by atoms with Gasteiger partial charge < -0.3 is 0 Å². The zero-order valence-electron chi connectivity index (χ0n) is 3.62. The topological polar surface area (TPSA) is 0 Å². The van der Waals surface area contributed by atoms with Crippen molar-refractivity contribution in [2.45, 2.75) is 10.5 Å². The van der Waals surface area contributed by atoms with E-state index in [1.165, 1.54) is 0 Å². The van der Waals surface area contributed by atoms with Gasteiger partial charge in [-0.3, -0.25) is 0 Å². The van der Waals surface area contributed by atoms with Crippen LogP contribution in [0.5, 0.6) is 0 Å². The molecule has 0 rings (SSSR count). The molecule has 0 spiro atoms. The van der Waals surface area contributed by atoms with Crippen LogP contribution in [0.25, 0.3) is 0 Å². The molecule has 0 amide bonds. The van der Waals surface area contributed by atoms with E-state index in [-0.39, 0.29) is 0 Å². The number of alkyl halides is 5. The molecule has 0 bridgehead atoms. The largest absolute Gasteiger partial charge is 0.0849 e. The minimum atomic E-state index is 0.487. The number of hydrogen-bond donors (Lipinski definition) is 0. The Morgan fingerprint density at radius 3 is 1.12 bits per heavy atom. The smallest absolute Gasteiger partial charge is 0.0805 e. The van der Waals surface area contributed by atoms with Gasteiger partial charge in [-0.15, -0.1) is 0 Å². The maximum Gasteiger partial charge on any atom is 0.0805 e. The van der Waals surface area contributed by atoms with Crippen LogP contribution in [-0.2, 0) is 0 Å². The number of rotatable bonds is 2. The molecule has 2 unspecified atom stereocenters. The van der Waals surface area contributed by atoms with E-state index >= 15 is 0 Å². The molecule has 0 aliphatic heterocycles. The minimum absolute atomic E-state index is 0.487. The zero-order chi connectivity index (χ0) is 6.73. The fourth-order valence-corrected chi connectivity index (χ4v) is 3.90. The quantitative estimate of drug-likeness (QED) is 0.372. The molecule has 2 atom stereocenters. The van der Waals surface area contributed by atoms with Crippen molar-refractivity contribution in [2.75, 3.05) is 0 Å². The molecule has 0 heterocycles. The van der Waals surface area contributed by atoms with Crippen LogP contribution in [0.3, 0.4) is 0 Å². The molecule has 0 aliphatic carbocycles. The van der Waals surface area contributed by atoms with Gasteiger partial charge in [0.25, 0.3) is 0 Å². The molecular weight excluding hydrogens is 530 g/mol. The summed E-state index contributed by atoms with van der Waals surface area (Å²) in [5.74, 6) is 0. The van der Waals surface area contributed by atoms with E-state index in [4.69, 9.17) is 0 Å². The highest BCUT2D eigenvalue weighted by Crippen LogP contribution is 2.30. The number of hydrogen-bond acceptors (Lipinski definition) is 0. The second-order valence-electron chi connectivity index (χ2n) is 1.11. The molecule has 0 N–H and O–H groups in total. The predicted octanol–water partition coefficient (Wildman–Crippen LogP) is 4.06. The summed E-state index contributed by atoms with van der Waals surface area (Å²) in [7, 11) is 0. The molecule has 8 heavy (non-hydrogen) atoms. The first-order valence-corrected chi connectivity index (χ1v) is 7.00. The molecule has 0 aromatic carbocycles. The van der Waals surface area contributed by atoms with Crippen molar-refractivity contribution < 1.29 is 0 Å². The first-order chi connectivity index (χ1) is 3.55. The SMILES string of the molecule is BrC(I)C(Br)C(Br)I. The Hall–Kier alpha value is 2.90. The van der Waals surface area contributed by atoms with Gasteiger partial charge in [-0.25, -0.2) is 0 Å². The molecule has 0 saturated carbocycles. The summed E-state index contributed by atoms with van der Waals surface area (Å²) in [5.41, 5.74) is 0. The minimum Gasteiger partial charge on any atom is -0.0849 e. The maximum atomic E-state index is 3.50. The third-order valence-corrected chi connectivity index (χ3v) is 7.62. The summed E-state index contributed by atoms with van der Waals surface area (Å²) in [5, 5.41) is 0. The van der Waals surface area contributed by atoms with E-state index in [2.05, 4.69) is 93.0 Å². The molecule has 0 saturated heterocycles. The Bertz CT molecular complexity index is 57.5. The van der Waals surface area contributed by atoms with E-state index in [1.54, 1.807) is 0 Å². The van der Waals surface area contributed by atoms with E-state index in [0.29, 0.717) is 10.5 Å². The fraction of sp³-hybridized carbons (Fsp3) is 1.00. The lowest BCUT2D eigenvalue weighted by molar-refractivity contribution is 1.15. The van der Waals surface area contributed by atoms with Crippen LogP contribution < -0.4 is 0 Å². The molecule has 50 valence electrons. The van der Waals surface area contributed by atoms with Gasteiger partial charge in [-0.1, -0.05) is 93.0 Å². The van der Waals surface area contributed by atoms with Crippen LogP contribution in [0.4, 0.5) is 0 Å². The van der Waals surface area contributed by atoms with Crippen molar-refractivity contribution in [2.24, 2.45) is 0 Å². The van der Waals surface area contributed by atoms with E-state index in [0.717, 1.165) is 0 Å². The van der Waals surface area contributed by atoms with Crippen molar-refractivity contribution in [1.82, 2.24) is 0 Å². The third-order valence-electron chi connectivity index (χ3n) is 0.481. The molecule has 0 radical (unpaired) electrons. The summed E-state index contributed by atoms with van der Waals surface area (Å²) in [6.45, 7) is 0. The van der Waals surface area contributed by atoms with Gasteiger partial charge in [0.05, 0.1) is 10.5 Å². The van der Waals surface area contributed by atoms with Gasteiger partial charge in [0, 0.05) is 0 Å². The Labute approximate surface area is 102 Å². The average molecular weight is 533 g/mol. The molecule has 0 aromatic rings. The van der Waals surface area contributed by atoms with Gasteiger partial charge in [0.1, 0.15) is 0 Å². The Morgan fingerprint density at radius 1 is 0.875 bits per heavy atom. The lowest BCUT2D eigenvalue weighted by atomic mass is 10.6. The van der Waals surface area contributed by atoms with E-state index in [1.807, 2.05) is 0 Å². The zero-order valence-corrected chi connectivity index (χ0v) is 12.7. The van der Waals surface area contributed by atoms with Gasteiger partial charge in [0.2, 0.25) is 0 Å². The van der Waals surface area contributed by atoms with Crippen LogP contribution >= 0.6 is 93.0 Å². The number of halogens is 5. The lowest BCUT2D eigenvalue weighted by Crippen LogP contribution is -2.13. The third kappa shape index (κ3) is 4.68. The summed E-state index contributed by atoms with van der Waals surface area (Å²) < 4.78 is 0.975. The van der Waals surface area contributed by atoms with Gasteiger partial charge in [0.15, 0.2) is 0 Å². The maximum absolute atomic E-state index is 3.50. The van der Waals surface area contributed by atoms with Crippen LogP contribution in [-0.4, -0.2) is 10.5 Å². The van der Waals surface area contributed by atoms with Crippen LogP contribution in [0.2, 0.25) is 0 Å². The summed E-state index contributed by atoms with van der Waals surface area (Å²) in [6, 6.07) is 0. The summed E-state index contributed by atoms with van der Waals surface area (Å²) in [4.78, 5) is 0.490. The Morgan fingerprint density at radius 2 is 1.12 bits per heavy atom. The summed E-state index contributed by atoms with van der Waals surface area (Å²) >= 11 is 15.0. The standard InChI is InChI=1S/C3H3Br3I2/c4-1(2(5)7)3(6)8/h1-3H. The Kier molecular flexibility index (Phi) is 7.54. The van der Waals surface area contributed by atoms with Crippen molar-refractivity contribution >= 4 is 93.0 Å². The van der Waals surface area contributed by atoms with Gasteiger partial charge in [-0.2, -0.15) is 0 Å². The van der Waals surface area contributed by atoms with Crippen molar-refractivity contribution in [1.29, 1.82) is 0 Å². The predicted molar refractivity (Wildman–Crippen MR) is 66.2 cm³/mol. The molecule has 5 heteroatoms. The average Bonchev–Trinajstić information content (AvgIpc) is 1.64. The highest BCUT2D eigenvalue weighted by molar-refractivity contribution is 14.1. The van der Waals surface area contributed by atoms with Gasteiger partial charge >= 0.3 is 0 Å². The van der Waals surface area contributed by atoms with Crippen LogP contribution in [0, 0.1) is 0 Å². The van der Waals surface area contributed by atoms with Crippen LogP contribution in [0.15, 0.2) is 0 Å². The first kappa shape index (κ1) is 10.9. The molecule has 0 aromatic heterocycles. The first-order valence-electron chi connectivity index (χ1n) is 1.76. The highest BCUT2D eigenvalue weighted by Gasteiger charge is 2.17. The van der Waals surface area contributed by atoms with Crippen LogP contribution in [0.1, 0.15) is 0 Å². The fourth-order valence-electron chi connectivity index (χ4n) is 0.110. The van der Waals surface area contributed by atoms with E-state index < -0.39 is 0 Å². The molecule has 0 aliphatic rings. The highest BCUT2D eigenvalue weighted by atomic mass is 127. The molecule has 0 fully saturated rings. The monoisotopic (exact) mass is 530 g/mol. The normalized spacial score (nSPS) is 22.1. The van der Waals surface area contributed by atoms with Crippen molar-refractivity contribution in [3.05, 3.63) is 0 Å². The lowest BCUT2D eigenvalue weighted by Gasteiger charge is -2.10. The van der Waals surface area contributed by atoms with E-state index in [9.17, 15) is 0 Å². The van der Waals surface area contributed by atoms with Gasteiger partial charge in [-0.05, 0) is 0 Å². The van der Waals surface area contributed by atoms with Crippen molar-refractivity contribution in [3.63, 3.8) is 0 Å².